The van der Waals surface area contributed by atoms with Gasteiger partial charge in [0.25, 0.3) is 0 Å². The first-order valence-corrected chi connectivity index (χ1v) is 8.90. The monoisotopic (exact) mass is 310 g/mol. The number of carbonyl (C=O) groups excluding carboxylic acids is 1. The van der Waals surface area contributed by atoms with E-state index in [0.29, 0.717) is 12.3 Å². The highest BCUT2D eigenvalue weighted by Gasteiger charge is 2.33. The maximum atomic E-state index is 12.0. The van der Waals surface area contributed by atoms with Crippen LogP contribution in [0, 0.1) is 5.92 Å². The summed E-state index contributed by atoms with van der Waals surface area (Å²) in [5.74, 6) is 0.655. The fourth-order valence-corrected chi connectivity index (χ4v) is 3.03. The molecule has 1 amide bonds. The van der Waals surface area contributed by atoms with Crippen LogP contribution >= 0.6 is 0 Å². The van der Waals surface area contributed by atoms with E-state index in [-0.39, 0.29) is 24.1 Å². The first kappa shape index (κ1) is 16.0. The summed E-state index contributed by atoms with van der Waals surface area (Å²) in [6.07, 6.45) is 2.76. The molecule has 1 aliphatic carbocycles. The minimum Gasteiger partial charge on any atom is -0.355 e. The molecule has 1 unspecified atom stereocenters. The molecule has 0 aromatic heterocycles. The molecule has 0 aliphatic heterocycles. The molecule has 1 aromatic rings. The highest BCUT2D eigenvalue weighted by Crippen LogP contribution is 2.44. The molecule has 0 radical (unpaired) electrons. The average molecular weight is 310 g/mol. The second kappa shape index (κ2) is 7.04. The Kier molecular flexibility index (Phi) is 5.36. The van der Waals surface area contributed by atoms with Gasteiger partial charge in [-0.3, -0.25) is 4.79 Å². The summed E-state index contributed by atoms with van der Waals surface area (Å²) >= 11 is 0. The highest BCUT2D eigenvalue weighted by atomic mass is 32.2. The number of hydrogen-bond donors (Lipinski definition) is 2. The molecule has 5 nitrogen and oxygen atoms in total. The minimum absolute atomic E-state index is 0.0814. The van der Waals surface area contributed by atoms with Crippen LogP contribution in [0.4, 0.5) is 0 Å². The zero-order valence-electron chi connectivity index (χ0n) is 12.2. The Labute approximate surface area is 126 Å². The van der Waals surface area contributed by atoms with Crippen molar-refractivity contribution in [3.63, 3.8) is 0 Å². The van der Waals surface area contributed by atoms with Crippen molar-refractivity contribution in [2.75, 3.05) is 19.3 Å². The van der Waals surface area contributed by atoms with Crippen LogP contribution < -0.4 is 10.0 Å². The van der Waals surface area contributed by atoms with Gasteiger partial charge in [-0.1, -0.05) is 30.3 Å². The van der Waals surface area contributed by atoms with Crippen LogP contribution in [0.25, 0.3) is 0 Å². The van der Waals surface area contributed by atoms with Crippen molar-refractivity contribution in [1.82, 2.24) is 10.0 Å². The van der Waals surface area contributed by atoms with Crippen molar-refractivity contribution >= 4 is 15.9 Å². The number of nitrogens with one attached hydrogen (secondary N) is 2. The lowest BCUT2D eigenvalue weighted by Crippen LogP contribution is -2.33. The Morgan fingerprint density at radius 3 is 2.52 bits per heavy atom. The summed E-state index contributed by atoms with van der Waals surface area (Å²) in [4.78, 5) is 12.0. The zero-order chi connectivity index (χ0) is 15.3. The van der Waals surface area contributed by atoms with E-state index in [4.69, 9.17) is 0 Å². The molecule has 1 fully saturated rings. The Balaban J connectivity index is 1.85. The predicted molar refractivity (Wildman–Crippen MR) is 82.4 cm³/mol. The van der Waals surface area contributed by atoms with Crippen molar-refractivity contribution in [2.45, 2.75) is 25.2 Å². The Bertz CT molecular complexity index is 568. The van der Waals surface area contributed by atoms with Gasteiger partial charge >= 0.3 is 0 Å². The number of amides is 1. The van der Waals surface area contributed by atoms with Gasteiger partial charge in [0.2, 0.25) is 15.9 Å². The first-order valence-electron chi connectivity index (χ1n) is 7.24. The van der Waals surface area contributed by atoms with Gasteiger partial charge in [-0.25, -0.2) is 13.1 Å². The Morgan fingerprint density at radius 2 is 1.95 bits per heavy atom. The Hall–Kier alpha value is -1.40. The molecule has 0 spiro atoms. The van der Waals surface area contributed by atoms with Crippen LogP contribution in [-0.2, 0) is 14.8 Å². The molecular formula is C15H22N2O3S. The van der Waals surface area contributed by atoms with Crippen LogP contribution in [0.5, 0.6) is 0 Å². The maximum absolute atomic E-state index is 12.0. The fourth-order valence-electron chi connectivity index (χ4n) is 2.45. The molecule has 21 heavy (non-hydrogen) atoms. The summed E-state index contributed by atoms with van der Waals surface area (Å²) in [6.45, 7) is 0.147. The highest BCUT2D eigenvalue weighted by molar-refractivity contribution is 7.89. The smallest absolute Gasteiger partial charge is 0.220 e. The number of rotatable bonds is 8. The van der Waals surface area contributed by atoms with Crippen molar-refractivity contribution in [2.24, 2.45) is 5.92 Å². The minimum atomic E-state index is -3.26. The van der Waals surface area contributed by atoms with E-state index in [1.54, 1.807) is 0 Å². The van der Waals surface area contributed by atoms with Crippen molar-refractivity contribution in [1.29, 1.82) is 0 Å². The molecule has 2 N–H and O–H groups in total. The summed E-state index contributed by atoms with van der Waals surface area (Å²) < 4.78 is 24.8. The standard InChI is InChI=1S/C15H22N2O3S/c1-16-21(19,20)10-9-17-15(18)11-14(13-7-8-13)12-5-3-2-4-6-12/h2-6,13-14,16H,7-11H2,1H3,(H,17,18). The van der Waals surface area contributed by atoms with Crippen LogP contribution in [0.15, 0.2) is 30.3 Å². The van der Waals surface area contributed by atoms with E-state index in [9.17, 15) is 13.2 Å². The van der Waals surface area contributed by atoms with Crippen LogP contribution in [0.1, 0.15) is 30.7 Å². The van der Waals surface area contributed by atoms with Gasteiger partial charge in [-0.15, -0.1) is 0 Å². The third-order valence-corrected chi connectivity index (χ3v) is 5.19. The lowest BCUT2D eigenvalue weighted by Gasteiger charge is -2.16. The molecule has 0 heterocycles. The van der Waals surface area contributed by atoms with Crippen molar-refractivity contribution in [3.8, 4) is 0 Å². The van der Waals surface area contributed by atoms with Crippen LogP contribution in [0.2, 0.25) is 0 Å². The number of benzene rings is 1. The molecule has 6 heteroatoms. The topological polar surface area (TPSA) is 75.3 Å². The van der Waals surface area contributed by atoms with E-state index in [1.165, 1.54) is 25.5 Å². The maximum Gasteiger partial charge on any atom is 0.220 e. The van der Waals surface area contributed by atoms with Crippen molar-refractivity contribution < 1.29 is 13.2 Å². The molecule has 2 rings (SSSR count). The molecule has 1 aliphatic rings. The average Bonchev–Trinajstić information content (AvgIpc) is 3.30. The quantitative estimate of drug-likeness (QED) is 0.758. The third kappa shape index (κ3) is 5.13. The molecule has 1 atom stereocenters. The number of sulfonamides is 1. The van der Waals surface area contributed by atoms with E-state index in [2.05, 4.69) is 22.2 Å². The van der Waals surface area contributed by atoms with E-state index >= 15 is 0 Å². The molecule has 1 aromatic carbocycles. The number of hydrogen-bond acceptors (Lipinski definition) is 3. The van der Waals surface area contributed by atoms with E-state index in [0.717, 1.165) is 0 Å². The van der Waals surface area contributed by atoms with Gasteiger partial charge in [0.15, 0.2) is 0 Å². The lowest BCUT2D eigenvalue weighted by molar-refractivity contribution is -0.121. The zero-order valence-corrected chi connectivity index (χ0v) is 13.0. The van der Waals surface area contributed by atoms with Gasteiger partial charge in [-0.2, -0.15) is 0 Å². The summed E-state index contributed by atoms with van der Waals surface area (Å²) in [6, 6.07) is 10.1. The summed E-state index contributed by atoms with van der Waals surface area (Å²) in [5.41, 5.74) is 1.19. The van der Waals surface area contributed by atoms with Crippen LogP contribution in [0.3, 0.4) is 0 Å². The van der Waals surface area contributed by atoms with Gasteiger partial charge in [-0.05, 0) is 37.3 Å². The van der Waals surface area contributed by atoms with Gasteiger partial charge in [0, 0.05) is 13.0 Å². The molecular weight excluding hydrogens is 288 g/mol. The van der Waals surface area contributed by atoms with Crippen LogP contribution in [-0.4, -0.2) is 33.7 Å². The normalized spacial score (nSPS) is 16.4. The predicted octanol–water partition coefficient (Wildman–Crippen LogP) is 1.24. The SMILES string of the molecule is CNS(=O)(=O)CCNC(=O)CC(c1ccccc1)C1CC1. The fraction of sp³-hybridized carbons (Fsp3) is 0.533. The summed E-state index contributed by atoms with van der Waals surface area (Å²) in [7, 11) is -1.89. The second-order valence-corrected chi connectivity index (χ2v) is 7.48. The molecule has 0 bridgehead atoms. The summed E-state index contributed by atoms with van der Waals surface area (Å²) in [5, 5.41) is 2.70. The third-order valence-electron chi connectivity index (χ3n) is 3.83. The second-order valence-electron chi connectivity index (χ2n) is 5.43. The number of carbonyl (C=O) groups is 1. The van der Waals surface area contributed by atoms with Gasteiger partial charge < -0.3 is 5.32 Å². The van der Waals surface area contributed by atoms with Gasteiger partial charge in [0.05, 0.1) is 5.75 Å². The largest absolute Gasteiger partial charge is 0.355 e. The first-order chi connectivity index (χ1) is 10.0. The van der Waals surface area contributed by atoms with E-state index < -0.39 is 10.0 Å². The van der Waals surface area contributed by atoms with Crippen molar-refractivity contribution in [3.05, 3.63) is 35.9 Å². The molecule has 116 valence electrons. The van der Waals surface area contributed by atoms with Gasteiger partial charge in [0.1, 0.15) is 0 Å². The van der Waals surface area contributed by atoms with E-state index in [1.807, 2.05) is 18.2 Å². The molecule has 1 saturated carbocycles. The lowest BCUT2D eigenvalue weighted by atomic mass is 9.91. The molecule has 0 saturated heterocycles. The Morgan fingerprint density at radius 1 is 1.29 bits per heavy atom.